The van der Waals surface area contributed by atoms with Gasteiger partial charge in [0.05, 0.1) is 5.30 Å². The van der Waals surface area contributed by atoms with Gasteiger partial charge >= 0.3 is 6.18 Å². The molecule has 0 atom stereocenters. The zero-order valence-corrected chi connectivity index (χ0v) is 22.2. The molecule has 10 heteroatoms. The first-order valence-corrected chi connectivity index (χ1v) is 14.0. The SMILES string of the molecule is Nc1ccc(Oc2ccc(Oc3ccc(N)cc3C(F)(F)F)cc2P(=O)(c2ccccc2)c2ccccc2)c(F)c1. The van der Waals surface area contributed by atoms with Crippen LogP contribution in [0.5, 0.6) is 23.0 Å². The lowest BCUT2D eigenvalue weighted by molar-refractivity contribution is -0.138. The molecule has 0 aliphatic rings. The van der Waals surface area contributed by atoms with Gasteiger partial charge in [-0.15, -0.1) is 0 Å². The topological polar surface area (TPSA) is 87.6 Å². The highest BCUT2D eigenvalue weighted by molar-refractivity contribution is 7.85. The largest absolute Gasteiger partial charge is 0.457 e. The molecule has 5 aromatic carbocycles. The van der Waals surface area contributed by atoms with Crippen LogP contribution in [-0.4, -0.2) is 0 Å². The summed E-state index contributed by atoms with van der Waals surface area (Å²) in [5, 5.41) is 0.941. The monoisotopic (exact) mass is 578 g/mol. The summed E-state index contributed by atoms with van der Waals surface area (Å²) in [4.78, 5) is 0. The number of nitrogens with two attached hydrogens (primary N) is 2. The van der Waals surface area contributed by atoms with E-state index in [0.29, 0.717) is 10.6 Å². The second-order valence-electron chi connectivity index (χ2n) is 9.06. The van der Waals surface area contributed by atoms with Crippen molar-refractivity contribution in [3.8, 4) is 23.0 Å². The van der Waals surface area contributed by atoms with Crippen LogP contribution in [0.25, 0.3) is 0 Å². The molecule has 0 heterocycles. The van der Waals surface area contributed by atoms with Gasteiger partial charge in [-0.25, -0.2) is 4.39 Å². The van der Waals surface area contributed by atoms with Gasteiger partial charge in [0.1, 0.15) is 22.8 Å². The van der Waals surface area contributed by atoms with E-state index in [1.807, 2.05) is 0 Å². The highest BCUT2D eigenvalue weighted by Gasteiger charge is 2.36. The van der Waals surface area contributed by atoms with E-state index >= 15 is 4.57 Å². The summed E-state index contributed by atoms with van der Waals surface area (Å²) in [5.41, 5.74) is 10.3. The van der Waals surface area contributed by atoms with Gasteiger partial charge in [-0.1, -0.05) is 60.7 Å². The molecule has 0 fully saturated rings. The molecule has 5 aromatic rings. The highest BCUT2D eigenvalue weighted by Crippen LogP contribution is 2.47. The fourth-order valence-corrected chi connectivity index (χ4v) is 7.08. The number of halogens is 4. The van der Waals surface area contributed by atoms with Gasteiger partial charge in [0.25, 0.3) is 0 Å². The second-order valence-corrected chi connectivity index (χ2v) is 11.8. The van der Waals surface area contributed by atoms with Gasteiger partial charge in [0.2, 0.25) is 0 Å². The molecule has 0 spiro atoms. The predicted octanol–water partition coefficient (Wildman–Crippen LogP) is 7.23. The molecule has 0 bridgehead atoms. The van der Waals surface area contributed by atoms with E-state index in [2.05, 4.69) is 0 Å². The molecule has 5 rings (SSSR count). The summed E-state index contributed by atoms with van der Waals surface area (Å²) in [5.74, 6) is -1.45. The molecule has 5 nitrogen and oxygen atoms in total. The van der Waals surface area contributed by atoms with E-state index in [4.69, 9.17) is 20.9 Å². The van der Waals surface area contributed by atoms with Gasteiger partial charge in [-0.05, 0) is 48.5 Å². The zero-order valence-electron chi connectivity index (χ0n) is 21.3. The van der Waals surface area contributed by atoms with Crippen molar-refractivity contribution in [1.29, 1.82) is 0 Å². The number of rotatable bonds is 7. The minimum Gasteiger partial charge on any atom is -0.457 e. The first-order valence-electron chi connectivity index (χ1n) is 12.3. The Balaban J connectivity index is 1.72. The predicted molar refractivity (Wildman–Crippen MR) is 153 cm³/mol. The molecule has 0 amide bonds. The molecule has 0 aromatic heterocycles. The van der Waals surface area contributed by atoms with Crippen molar-refractivity contribution in [2.24, 2.45) is 0 Å². The Kier molecular flexibility index (Phi) is 7.47. The van der Waals surface area contributed by atoms with Crippen molar-refractivity contribution < 1.29 is 31.6 Å². The van der Waals surface area contributed by atoms with Crippen LogP contribution < -0.4 is 36.9 Å². The number of ether oxygens (including phenoxy) is 2. The Labute approximate surface area is 233 Å². The van der Waals surface area contributed by atoms with Crippen molar-refractivity contribution >= 4 is 34.4 Å². The maximum atomic E-state index is 15.2. The molecule has 41 heavy (non-hydrogen) atoms. The maximum absolute atomic E-state index is 15.2. The third-order valence-electron chi connectivity index (χ3n) is 6.22. The molecule has 0 saturated heterocycles. The molecule has 208 valence electrons. The Hall–Kier alpha value is -4.75. The van der Waals surface area contributed by atoms with Gasteiger partial charge in [-0.2, -0.15) is 13.2 Å². The third kappa shape index (κ3) is 5.76. The van der Waals surface area contributed by atoms with Crippen LogP contribution in [0.4, 0.5) is 28.9 Å². The van der Waals surface area contributed by atoms with E-state index in [-0.39, 0.29) is 33.9 Å². The van der Waals surface area contributed by atoms with Gasteiger partial charge in [0.15, 0.2) is 18.7 Å². The second kappa shape index (κ2) is 11.0. The summed E-state index contributed by atoms with van der Waals surface area (Å²) in [7, 11) is -3.75. The van der Waals surface area contributed by atoms with Crippen LogP contribution in [-0.2, 0) is 10.7 Å². The Morgan fingerprint density at radius 1 is 0.610 bits per heavy atom. The van der Waals surface area contributed by atoms with Crippen LogP contribution >= 0.6 is 7.14 Å². The van der Waals surface area contributed by atoms with Crippen molar-refractivity contribution in [1.82, 2.24) is 0 Å². The third-order valence-corrected chi connectivity index (χ3v) is 9.30. The zero-order chi connectivity index (χ0) is 29.2. The molecule has 0 saturated carbocycles. The first kappa shape index (κ1) is 27.8. The number of hydrogen-bond donors (Lipinski definition) is 2. The van der Waals surface area contributed by atoms with Crippen LogP contribution in [0, 0.1) is 5.82 Å². The molecular weight excluding hydrogens is 555 g/mol. The summed E-state index contributed by atoms with van der Waals surface area (Å²) in [6.45, 7) is 0. The average molecular weight is 579 g/mol. The van der Waals surface area contributed by atoms with Crippen molar-refractivity contribution in [3.63, 3.8) is 0 Å². The van der Waals surface area contributed by atoms with Crippen LogP contribution in [0.3, 0.4) is 0 Å². The summed E-state index contributed by atoms with van der Waals surface area (Å²) < 4.78 is 82.9. The number of hydrogen-bond acceptors (Lipinski definition) is 5. The molecule has 0 aliphatic carbocycles. The minimum absolute atomic E-state index is 0.0189. The Morgan fingerprint density at radius 3 is 1.71 bits per heavy atom. The molecule has 0 aliphatic heterocycles. The number of nitrogen functional groups attached to an aromatic ring is 2. The quantitative estimate of drug-likeness (QED) is 0.121. The van der Waals surface area contributed by atoms with E-state index < -0.39 is 30.4 Å². The molecule has 0 radical (unpaired) electrons. The van der Waals surface area contributed by atoms with Crippen LogP contribution in [0.15, 0.2) is 115 Å². The summed E-state index contributed by atoms with van der Waals surface area (Å²) >= 11 is 0. The van der Waals surface area contributed by atoms with E-state index in [1.165, 1.54) is 36.4 Å². The average Bonchev–Trinajstić information content (AvgIpc) is 2.96. The minimum atomic E-state index is -4.74. The lowest BCUT2D eigenvalue weighted by atomic mass is 10.1. The van der Waals surface area contributed by atoms with E-state index in [1.54, 1.807) is 60.7 Å². The van der Waals surface area contributed by atoms with E-state index in [9.17, 15) is 17.6 Å². The molecule has 0 unspecified atom stereocenters. The summed E-state index contributed by atoms with van der Waals surface area (Å²) in [6, 6.07) is 28.2. The van der Waals surface area contributed by atoms with Crippen LogP contribution in [0.2, 0.25) is 0 Å². The standard InChI is InChI=1S/C31H23F4N2O3P/c32-26-18-21(37)12-15-28(26)40-29-16-13-22(39-27-14-11-20(36)17-25(27)31(33,34)35)19-30(29)41(38,23-7-3-1-4-8-23)24-9-5-2-6-10-24/h1-19H,36-37H2. The van der Waals surface area contributed by atoms with Crippen molar-refractivity contribution in [3.05, 3.63) is 127 Å². The smallest absolute Gasteiger partial charge is 0.420 e. The van der Waals surface area contributed by atoms with Crippen molar-refractivity contribution in [2.75, 3.05) is 11.5 Å². The van der Waals surface area contributed by atoms with E-state index in [0.717, 1.165) is 18.2 Å². The first-order chi connectivity index (χ1) is 19.6. The lowest BCUT2D eigenvalue weighted by Crippen LogP contribution is -2.26. The van der Waals surface area contributed by atoms with Crippen LogP contribution in [0.1, 0.15) is 5.56 Å². The fraction of sp³-hybridized carbons (Fsp3) is 0.0323. The normalized spacial score (nSPS) is 11.7. The summed E-state index contributed by atoms with van der Waals surface area (Å²) in [6.07, 6.45) is -4.74. The molecule has 4 N–H and O–H groups in total. The highest BCUT2D eigenvalue weighted by atomic mass is 31.2. The van der Waals surface area contributed by atoms with Gasteiger partial charge in [-0.3, -0.25) is 0 Å². The Morgan fingerprint density at radius 2 is 1.15 bits per heavy atom. The number of anilines is 2. The molecular formula is C31H23F4N2O3P. The maximum Gasteiger partial charge on any atom is 0.420 e. The van der Waals surface area contributed by atoms with Gasteiger partial charge in [0, 0.05) is 28.1 Å². The Bertz CT molecular complexity index is 1700. The van der Waals surface area contributed by atoms with Crippen molar-refractivity contribution in [2.45, 2.75) is 6.18 Å². The number of alkyl halides is 3. The fourth-order valence-electron chi connectivity index (χ4n) is 4.30. The van der Waals surface area contributed by atoms with Gasteiger partial charge < -0.3 is 25.5 Å². The number of benzene rings is 5. The lowest BCUT2D eigenvalue weighted by Gasteiger charge is -2.23.